The van der Waals surface area contributed by atoms with Gasteiger partial charge in [-0.1, -0.05) is 18.2 Å². The number of hydrogen-bond donors (Lipinski definition) is 3. The van der Waals surface area contributed by atoms with Gasteiger partial charge in [-0.05, 0) is 6.07 Å². The van der Waals surface area contributed by atoms with Crippen molar-refractivity contribution in [3.8, 4) is 0 Å². The summed E-state index contributed by atoms with van der Waals surface area (Å²) < 4.78 is 0. The highest BCUT2D eigenvalue weighted by molar-refractivity contribution is 6.02. The Labute approximate surface area is 92.9 Å². The molecule has 84 valence electrons. The van der Waals surface area contributed by atoms with E-state index in [0.29, 0.717) is 10.9 Å². The lowest BCUT2D eigenvalue weighted by atomic mass is 10.1. The monoisotopic (exact) mass is 229 g/mol. The minimum absolute atomic E-state index is 0.0664. The lowest BCUT2D eigenvalue weighted by molar-refractivity contribution is 1.08. The molecule has 3 N–H and O–H groups in total. The SMILES string of the molecule is O=c1[nH]c(=O)c2c(=O)[nH]c3ccccc3c2[nH]1. The number of benzene rings is 1. The molecule has 3 rings (SSSR count). The molecular weight excluding hydrogens is 222 g/mol. The maximum atomic E-state index is 11.7. The summed E-state index contributed by atoms with van der Waals surface area (Å²) in [5, 5.41) is 0.564. The average Bonchev–Trinajstić information content (AvgIpc) is 2.28. The maximum Gasteiger partial charge on any atom is 0.326 e. The Bertz CT molecular complexity index is 901. The van der Waals surface area contributed by atoms with E-state index in [0.717, 1.165) is 0 Å². The maximum absolute atomic E-state index is 11.7. The van der Waals surface area contributed by atoms with Crippen LogP contribution in [0.3, 0.4) is 0 Å². The normalized spacial score (nSPS) is 11.1. The van der Waals surface area contributed by atoms with Gasteiger partial charge in [-0.2, -0.15) is 0 Å². The molecule has 0 spiro atoms. The fraction of sp³-hybridized carbons (Fsp3) is 0. The fourth-order valence-electron chi connectivity index (χ4n) is 1.90. The third-order valence-corrected chi connectivity index (χ3v) is 2.61. The minimum atomic E-state index is -0.684. The van der Waals surface area contributed by atoms with E-state index in [-0.39, 0.29) is 10.9 Å². The molecule has 0 aliphatic rings. The molecule has 0 amide bonds. The number of aromatic nitrogens is 3. The van der Waals surface area contributed by atoms with Crippen molar-refractivity contribution in [2.75, 3.05) is 0 Å². The number of pyridine rings is 1. The number of fused-ring (bicyclic) bond motifs is 3. The predicted molar refractivity (Wildman–Crippen MR) is 63.3 cm³/mol. The van der Waals surface area contributed by atoms with Crippen molar-refractivity contribution in [1.29, 1.82) is 0 Å². The molecule has 0 saturated heterocycles. The molecule has 0 unspecified atom stereocenters. The molecule has 3 aromatic rings. The van der Waals surface area contributed by atoms with Crippen LogP contribution in [0.4, 0.5) is 0 Å². The van der Waals surface area contributed by atoms with Gasteiger partial charge in [-0.3, -0.25) is 14.6 Å². The average molecular weight is 229 g/mol. The van der Waals surface area contributed by atoms with E-state index in [9.17, 15) is 14.4 Å². The van der Waals surface area contributed by atoms with Crippen molar-refractivity contribution in [1.82, 2.24) is 15.0 Å². The first kappa shape index (κ1) is 9.59. The Morgan fingerprint density at radius 1 is 0.824 bits per heavy atom. The summed E-state index contributed by atoms with van der Waals surface area (Å²) in [7, 11) is 0. The zero-order valence-corrected chi connectivity index (χ0v) is 8.53. The van der Waals surface area contributed by atoms with Crippen LogP contribution in [0.15, 0.2) is 38.6 Å². The fourth-order valence-corrected chi connectivity index (χ4v) is 1.90. The van der Waals surface area contributed by atoms with E-state index in [2.05, 4.69) is 9.97 Å². The van der Waals surface area contributed by atoms with Gasteiger partial charge in [-0.15, -0.1) is 0 Å². The molecule has 0 aliphatic heterocycles. The summed E-state index contributed by atoms with van der Waals surface area (Å²) >= 11 is 0. The molecule has 6 heteroatoms. The third-order valence-electron chi connectivity index (χ3n) is 2.61. The van der Waals surface area contributed by atoms with Gasteiger partial charge in [0.05, 0.1) is 11.0 Å². The summed E-state index contributed by atoms with van der Waals surface area (Å²) in [6.07, 6.45) is 0. The number of aromatic amines is 3. The van der Waals surface area contributed by atoms with Gasteiger partial charge < -0.3 is 9.97 Å². The largest absolute Gasteiger partial charge is 0.326 e. The third kappa shape index (κ3) is 1.31. The molecule has 2 heterocycles. The first-order chi connectivity index (χ1) is 8.16. The van der Waals surface area contributed by atoms with Crippen LogP contribution >= 0.6 is 0 Å². The Morgan fingerprint density at radius 2 is 1.53 bits per heavy atom. The smallest absolute Gasteiger partial charge is 0.321 e. The zero-order chi connectivity index (χ0) is 12.0. The van der Waals surface area contributed by atoms with Crippen LogP contribution < -0.4 is 16.8 Å². The van der Waals surface area contributed by atoms with E-state index in [1.165, 1.54) is 0 Å². The number of H-pyrrole nitrogens is 3. The molecule has 6 nitrogen and oxygen atoms in total. The number of para-hydroxylation sites is 1. The second-order valence-electron chi connectivity index (χ2n) is 3.66. The molecule has 0 radical (unpaired) electrons. The van der Waals surface area contributed by atoms with Gasteiger partial charge in [0.1, 0.15) is 5.39 Å². The van der Waals surface area contributed by atoms with E-state index >= 15 is 0 Å². The Hall–Kier alpha value is -2.63. The lowest BCUT2D eigenvalue weighted by Gasteiger charge is -2.01. The van der Waals surface area contributed by atoms with Crippen molar-refractivity contribution in [3.05, 3.63) is 55.5 Å². The summed E-state index contributed by atoms with van der Waals surface area (Å²) in [5.41, 5.74) is -0.991. The molecular formula is C11H7N3O3. The van der Waals surface area contributed by atoms with Gasteiger partial charge >= 0.3 is 5.69 Å². The van der Waals surface area contributed by atoms with Crippen LogP contribution in [0.5, 0.6) is 0 Å². The van der Waals surface area contributed by atoms with Crippen molar-refractivity contribution >= 4 is 21.8 Å². The van der Waals surface area contributed by atoms with E-state index in [1.54, 1.807) is 24.3 Å². The van der Waals surface area contributed by atoms with Gasteiger partial charge in [0.2, 0.25) is 0 Å². The van der Waals surface area contributed by atoms with Crippen molar-refractivity contribution in [3.63, 3.8) is 0 Å². The summed E-state index contributed by atoms with van der Waals surface area (Å²) in [5.74, 6) is 0. The summed E-state index contributed by atoms with van der Waals surface area (Å²) in [6.45, 7) is 0. The zero-order valence-electron chi connectivity index (χ0n) is 8.53. The standard InChI is InChI=1S/C11H7N3O3/c15-9-7-8(13-11(17)14-10(7)16)5-3-1-2-4-6(5)12-9/h1-4H,(H,12,15)(H2,13,14,16,17). The number of hydrogen-bond acceptors (Lipinski definition) is 3. The first-order valence-electron chi connectivity index (χ1n) is 4.94. The molecule has 1 aromatic carbocycles. The van der Waals surface area contributed by atoms with Crippen LogP contribution in [-0.2, 0) is 0 Å². The van der Waals surface area contributed by atoms with Gasteiger partial charge in [-0.25, -0.2) is 4.79 Å². The van der Waals surface area contributed by atoms with E-state index < -0.39 is 16.8 Å². The van der Waals surface area contributed by atoms with Gasteiger partial charge in [0.15, 0.2) is 0 Å². The topological polar surface area (TPSA) is 98.6 Å². The molecule has 0 aliphatic carbocycles. The summed E-state index contributed by atoms with van der Waals surface area (Å²) in [4.78, 5) is 41.6. The second-order valence-corrected chi connectivity index (χ2v) is 3.66. The van der Waals surface area contributed by atoms with Crippen LogP contribution in [0, 0.1) is 0 Å². The molecule has 0 bridgehead atoms. The van der Waals surface area contributed by atoms with Crippen LogP contribution in [0.2, 0.25) is 0 Å². The first-order valence-corrected chi connectivity index (χ1v) is 4.94. The molecule has 0 saturated carbocycles. The van der Waals surface area contributed by atoms with Gasteiger partial charge in [0, 0.05) is 5.39 Å². The van der Waals surface area contributed by atoms with Crippen LogP contribution in [0.1, 0.15) is 0 Å². The Kier molecular flexibility index (Phi) is 1.79. The van der Waals surface area contributed by atoms with Crippen molar-refractivity contribution < 1.29 is 0 Å². The Morgan fingerprint density at radius 3 is 2.35 bits per heavy atom. The van der Waals surface area contributed by atoms with Gasteiger partial charge in [0.25, 0.3) is 11.1 Å². The second kappa shape index (κ2) is 3.18. The van der Waals surface area contributed by atoms with Crippen molar-refractivity contribution in [2.45, 2.75) is 0 Å². The van der Waals surface area contributed by atoms with E-state index in [1.807, 2.05) is 4.98 Å². The lowest BCUT2D eigenvalue weighted by Crippen LogP contribution is -2.27. The molecule has 17 heavy (non-hydrogen) atoms. The quantitative estimate of drug-likeness (QED) is 0.475. The van der Waals surface area contributed by atoms with E-state index in [4.69, 9.17) is 0 Å². The van der Waals surface area contributed by atoms with Crippen LogP contribution in [0.25, 0.3) is 21.8 Å². The molecule has 0 atom stereocenters. The number of rotatable bonds is 0. The highest BCUT2D eigenvalue weighted by Gasteiger charge is 2.09. The Balaban J connectivity index is 2.80. The van der Waals surface area contributed by atoms with Crippen molar-refractivity contribution in [2.24, 2.45) is 0 Å². The highest BCUT2D eigenvalue weighted by Crippen LogP contribution is 2.15. The highest BCUT2D eigenvalue weighted by atomic mass is 16.2. The minimum Gasteiger partial charge on any atom is -0.321 e. The molecule has 2 aromatic heterocycles. The molecule has 0 fully saturated rings. The predicted octanol–water partition coefficient (Wildman–Crippen LogP) is 0.0579. The van der Waals surface area contributed by atoms with Crippen LogP contribution in [-0.4, -0.2) is 15.0 Å². The summed E-state index contributed by atoms with van der Waals surface area (Å²) in [6, 6.07) is 6.95. The number of nitrogens with one attached hydrogen (secondary N) is 3.